The van der Waals surface area contributed by atoms with Crippen molar-refractivity contribution in [2.75, 3.05) is 13.1 Å². The average Bonchev–Trinajstić information content (AvgIpc) is 2.43. The topological polar surface area (TPSA) is 24.9 Å². The van der Waals surface area contributed by atoms with Crippen LogP contribution in [-0.2, 0) is 6.42 Å². The van der Waals surface area contributed by atoms with E-state index < -0.39 is 0 Å². The smallest absolute Gasteiger partial charge is 0.0735 e. The summed E-state index contributed by atoms with van der Waals surface area (Å²) in [6.07, 6.45) is 5.37. The molecule has 0 unspecified atom stereocenters. The minimum Gasteiger partial charge on any atom is -0.317 e. The highest BCUT2D eigenvalue weighted by Crippen LogP contribution is 2.30. The zero-order chi connectivity index (χ0) is 13.2. The van der Waals surface area contributed by atoms with Gasteiger partial charge in [-0.15, -0.1) is 12.4 Å². The molecule has 1 aromatic carbocycles. The largest absolute Gasteiger partial charge is 0.317 e. The maximum atomic E-state index is 6.40. The Hall–Kier alpha value is -0.830. The molecule has 1 aliphatic rings. The van der Waals surface area contributed by atoms with Crippen LogP contribution in [0.3, 0.4) is 0 Å². The summed E-state index contributed by atoms with van der Waals surface area (Å²) in [7, 11) is 0. The van der Waals surface area contributed by atoms with E-state index in [0.29, 0.717) is 0 Å². The summed E-state index contributed by atoms with van der Waals surface area (Å²) in [5, 5.41) is 5.46. The van der Waals surface area contributed by atoms with Crippen molar-refractivity contribution in [2.24, 2.45) is 5.92 Å². The lowest BCUT2D eigenvalue weighted by Gasteiger charge is -2.23. The lowest BCUT2D eigenvalue weighted by molar-refractivity contribution is 0.373. The van der Waals surface area contributed by atoms with Crippen LogP contribution in [0.5, 0.6) is 0 Å². The van der Waals surface area contributed by atoms with Gasteiger partial charge in [-0.1, -0.05) is 29.8 Å². The highest BCUT2D eigenvalue weighted by molar-refractivity contribution is 6.32. The zero-order valence-corrected chi connectivity index (χ0v) is 13.2. The molecule has 2 nitrogen and oxygen atoms in total. The molecule has 0 saturated carbocycles. The van der Waals surface area contributed by atoms with Gasteiger partial charge < -0.3 is 5.32 Å². The Labute approximate surface area is 131 Å². The molecule has 1 saturated heterocycles. The summed E-state index contributed by atoms with van der Waals surface area (Å²) in [5.74, 6) is 0.741. The molecule has 108 valence electrons. The first-order valence-electron chi connectivity index (χ1n) is 6.99. The normalized spacial score (nSPS) is 16.1. The van der Waals surface area contributed by atoms with Gasteiger partial charge in [-0.3, -0.25) is 4.98 Å². The summed E-state index contributed by atoms with van der Waals surface area (Å²) in [6, 6.07) is 6.36. The number of aryl methyl sites for hydroxylation is 1. The number of fused-ring (bicyclic) bond motifs is 1. The second-order valence-corrected chi connectivity index (χ2v) is 5.86. The fourth-order valence-electron chi connectivity index (χ4n) is 2.98. The predicted octanol–water partition coefficient (Wildman–Crippen LogP) is 4.16. The van der Waals surface area contributed by atoms with Gasteiger partial charge in [0.15, 0.2) is 0 Å². The molecule has 2 aromatic rings. The van der Waals surface area contributed by atoms with Crippen LogP contribution in [0.2, 0.25) is 5.02 Å². The highest BCUT2D eigenvalue weighted by atomic mass is 35.5. The summed E-state index contributed by atoms with van der Waals surface area (Å²) in [6.45, 7) is 4.37. The standard InChI is InChI=1S/C16H19ClN2.ClH/c1-11-3-2-4-13-14(15(17)10-19-16(11)13)9-12-5-7-18-8-6-12;/h2-4,10,12,18H,5-9H2,1H3;1H. The van der Waals surface area contributed by atoms with Crippen LogP contribution in [0, 0.1) is 12.8 Å². The predicted molar refractivity (Wildman–Crippen MR) is 88.0 cm³/mol. The summed E-state index contributed by atoms with van der Waals surface area (Å²) < 4.78 is 0. The molecule has 0 spiro atoms. The molecule has 20 heavy (non-hydrogen) atoms. The van der Waals surface area contributed by atoms with Gasteiger partial charge >= 0.3 is 0 Å². The van der Waals surface area contributed by atoms with Gasteiger partial charge in [-0.05, 0) is 56.3 Å². The molecule has 0 atom stereocenters. The molecule has 1 aliphatic heterocycles. The number of para-hydroxylation sites is 1. The van der Waals surface area contributed by atoms with Crippen LogP contribution >= 0.6 is 24.0 Å². The number of rotatable bonds is 2. The number of hydrogen-bond donors (Lipinski definition) is 1. The van der Waals surface area contributed by atoms with Crippen LogP contribution in [0.15, 0.2) is 24.4 Å². The number of pyridine rings is 1. The summed E-state index contributed by atoms with van der Waals surface area (Å²) in [5.41, 5.74) is 3.60. The van der Waals surface area contributed by atoms with Gasteiger partial charge in [-0.2, -0.15) is 0 Å². The molecule has 0 amide bonds. The first-order chi connectivity index (χ1) is 9.25. The molecular formula is C16H20Cl2N2. The average molecular weight is 311 g/mol. The zero-order valence-electron chi connectivity index (χ0n) is 11.7. The van der Waals surface area contributed by atoms with E-state index in [9.17, 15) is 0 Å². The molecule has 0 bridgehead atoms. The van der Waals surface area contributed by atoms with E-state index in [1.807, 2.05) is 6.20 Å². The second kappa shape index (κ2) is 6.75. The van der Waals surface area contributed by atoms with Gasteiger partial charge in [0.2, 0.25) is 0 Å². The minimum atomic E-state index is 0. The Balaban J connectivity index is 0.00000147. The third kappa shape index (κ3) is 3.08. The Morgan fingerprint density at radius 3 is 2.80 bits per heavy atom. The summed E-state index contributed by atoms with van der Waals surface area (Å²) in [4.78, 5) is 4.49. The maximum Gasteiger partial charge on any atom is 0.0735 e. The number of halogens is 2. The van der Waals surface area contributed by atoms with Crippen molar-refractivity contribution in [2.45, 2.75) is 26.2 Å². The highest BCUT2D eigenvalue weighted by Gasteiger charge is 2.17. The van der Waals surface area contributed by atoms with Crippen LogP contribution in [0.4, 0.5) is 0 Å². The van der Waals surface area contributed by atoms with E-state index in [0.717, 1.165) is 36.0 Å². The number of aromatic nitrogens is 1. The monoisotopic (exact) mass is 310 g/mol. The Kier molecular flexibility index (Phi) is 5.25. The van der Waals surface area contributed by atoms with Crippen molar-refractivity contribution in [1.29, 1.82) is 0 Å². The van der Waals surface area contributed by atoms with Gasteiger partial charge in [0, 0.05) is 11.6 Å². The molecular weight excluding hydrogens is 291 g/mol. The number of nitrogens with one attached hydrogen (secondary N) is 1. The van der Waals surface area contributed by atoms with Crippen molar-refractivity contribution in [1.82, 2.24) is 10.3 Å². The van der Waals surface area contributed by atoms with Crippen molar-refractivity contribution in [3.63, 3.8) is 0 Å². The van der Waals surface area contributed by atoms with Gasteiger partial charge in [-0.25, -0.2) is 0 Å². The van der Waals surface area contributed by atoms with Crippen LogP contribution < -0.4 is 5.32 Å². The van der Waals surface area contributed by atoms with Crippen LogP contribution in [-0.4, -0.2) is 18.1 Å². The van der Waals surface area contributed by atoms with E-state index >= 15 is 0 Å². The van der Waals surface area contributed by atoms with Crippen LogP contribution in [0.1, 0.15) is 24.0 Å². The SMILES string of the molecule is Cc1cccc2c(CC3CCNCC3)c(Cl)cnc12.Cl. The van der Waals surface area contributed by atoms with Gasteiger partial charge in [0.1, 0.15) is 0 Å². The third-order valence-corrected chi connectivity index (χ3v) is 4.44. The Morgan fingerprint density at radius 1 is 1.30 bits per heavy atom. The number of benzene rings is 1. The lowest BCUT2D eigenvalue weighted by Crippen LogP contribution is -2.28. The quantitative estimate of drug-likeness (QED) is 0.901. The molecule has 1 N–H and O–H groups in total. The van der Waals surface area contributed by atoms with E-state index in [1.54, 1.807) is 0 Å². The van der Waals surface area contributed by atoms with Gasteiger partial charge in [0.25, 0.3) is 0 Å². The molecule has 0 aliphatic carbocycles. The van der Waals surface area contributed by atoms with E-state index in [2.05, 4.69) is 35.4 Å². The van der Waals surface area contributed by atoms with Crippen molar-refractivity contribution < 1.29 is 0 Å². The number of nitrogens with zero attached hydrogens (tertiary/aromatic N) is 1. The lowest BCUT2D eigenvalue weighted by atomic mass is 9.89. The fourth-order valence-corrected chi connectivity index (χ4v) is 3.21. The van der Waals surface area contributed by atoms with Gasteiger partial charge in [0.05, 0.1) is 10.5 Å². The maximum absolute atomic E-state index is 6.40. The number of piperidine rings is 1. The summed E-state index contributed by atoms with van der Waals surface area (Å²) >= 11 is 6.40. The molecule has 2 heterocycles. The molecule has 1 fully saturated rings. The molecule has 0 radical (unpaired) electrons. The van der Waals surface area contributed by atoms with Crippen LogP contribution in [0.25, 0.3) is 10.9 Å². The molecule has 4 heteroatoms. The van der Waals surface area contributed by atoms with Crippen molar-refractivity contribution in [3.8, 4) is 0 Å². The molecule has 1 aromatic heterocycles. The van der Waals surface area contributed by atoms with Crippen molar-refractivity contribution in [3.05, 3.63) is 40.5 Å². The number of hydrogen-bond acceptors (Lipinski definition) is 2. The van der Waals surface area contributed by atoms with E-state index in [1.165, 1.54) is 29.4 Å². The molecule has 3 rings (SSSR count). The first kappa shape index (κ1) is 15.6. The minimum absolute atomic E-state index is 0. The third-order valence-electron chi connectivity index (χ3n) is 4.11. The first-order valence-corrected chi connectivity index (χ1v) is 7.37. The second-order valence-electron chi connectivity index (χ2n) is 5.45. The Bertz CT molecular complexity index is 592. The van der Waals surface area contributed by atoms with Crippen molar-refractivity contribution >= 4 is 34.9 Å². The van der Waals surface area contributed by atoms with E-state index in [4.69, 9.17) is 11.6 Å². The van der Waals surface area contributed by atoms with E-state index in [-0.39, 0.29) is 12.4 Å². The fraction of sp³-hybridized carbons (Fsp3) is 0.438. The Morgan fingerprint density at radius 2 is 2.05 bits per heavy atom.